The van der Waals surface area contributed by atoms with Gasteiger partial charge in [0.2, 0.25) is 0 Å². The second-order valence-electron chi connectivity index (χ2n) is 5.59. The maximum atomic E-state index is 12.9. The van der Waals surface area contributed by atoms with Crippen LogP contribution in [0.15, 0.2) is 65.2 Å². The molecule has 0 bridgehead atoms. The van der Waals surface area contributed by atoms with Crippen LogP contribution in [-0.2, 0) is 24.3 Å². The minimum atomic E-state index is -3.99. The van der Waals surface area contributed by atoms with Crippen molar-refractivity contribution in [3.05, 3.63) is 71.4 Å². The molecule has 0 saturated heterocycles. The van der Waals surface area contributed by atoms with Crippen molar-refractivity contribution in [3.63, 3.8) is 0 Å². The van der Waals surface area contributed by atoms with Crippen LogP contribution in [0.5, 0.6) is 0 Å². The van der Waals surface area contributed by atoms with Crippen molar-refractivity contribution in [2.75, 3.05) is 13.7 Å². The summed E-state index contributed by atoms with van der Waals surface area (Å²) in [6, 6.07) is 14.2. The summed E-state index contributed by atoms with van der Waals surface area (Å²) in [5, 5.41) is 0. The molecule has 1 aliphatic rings. The highest BCUT2D eigenvalue weighted by atomic mass is 32.2. The average Bonchev–Trinajstić information content (AvgIpc) is 2.69. The van der Waals surface area contributed by atoms with Crippen LogP contribution in [0.1, 0.15) is 22.8 Å². The summed E-state index contributed by atoms with van der Waals surface area (Å²) in [6.07, 6.45) is 0. The van der Waals surface area contributed by atoms with E-state index in [1.165, 1.54) is 12.1 Å². The van der Waals surface area contributed by atoms with Gasteiger partial charge in [0.25, 0.3) is 10.0 Å². The fourth-order valence-electron chi connectivity index (χ4n) is 2.81. The molecule has 2 aromatic carbocycles. The van der Waals surface area contributed by atoms with Gasteiger partial charge >= 0.3 is 11.9 Å². The van der Waals surface area contributed by atoms with E-state index in [9.17, 15) is 18.0 Å². The van der Waals surface area contributed by atoms with Crippen LogP contribution in [-0.4, -0.2) is 38.3 Å². The average molecular weight is 387 g/mol. The van der Waals surface area contributed by atoms with Crippen molar-refractivity contribution in [1.82, 2.24) is 4.31 Å². The zero-order valence-corrected chi connectivity index (χ0v) is 15.5. The van der Waals surface area contributed by atoms with E-state index in [0.29, 0.717) is 0 Å². The SMILES string of the molecule is CCN1C(C(=O)OC)=C(OC(=O)c2ccccc2)c2ccccc2S1(=O)=O. The molecule has 1 heterocycles. The van der Waals surface area contributed by atoms with Crippen LogP contribution in [0.2, 0.25) is 0 Å². The number of benzene rings is 2. The topological polar surface area (TPSA) is 90.0 Å². The van der Waals surface area contributed by atoms with Gasteiger partial charge in [0, 0.05) is 12.1 Å². The lowest BCUT2D eigenvalue weighted by Gasteiger charge is -2.31. The molecule has 0 amide bonds. The molecule has 0 N–H and O–H groups in total. The number of fused-ring (bicyclic) bond motifs is 1. The fourth-order valence-corrected chi connectivity index (χ4v) is 4.47. The van der Waals surface area contributed by atoms with Gasteiger partial charge in [-0.25, -0.2) is 18.0 Å². The van der Waals surface area contributed by atoms with Gasteiger partial charge in [-0.15, -0.1) is 0 Å². The Balaban J connectivity index is 2.23. The van der Waals surface area contributed by atoms with Gasteiger partial charge in [0.05, 0.1) is 17.6 Å². The van der Waals surface area contributed by atoms with E-state index in [-0.39, 0.29) is 34.0 Å². The van der Waals surface area contributed by atoms with Crippen molar-refractivity contribution in [3.8, 4) is 0 Å². The van der Waals surface area contributed by atoms with Crippen LogP contribution < -0.4 is 0 Å². The van der Waals surface area contributed by atoms with E-state index in [4.69, 9.17) is 9.47 Å². The van der Waals surface area contributed by atoms with Crippen molar-refractivity contribution >= 4 is 27.7 Å². The first-order valence-corrected chi connectivity index (χ1v) is 9.57. The van der Waals surface area contributed by atoms with Crippen LogP contribution in [0.3, 0.4) is 0 Å². The lowest BCUT2D eigenvalue weighted by Crippen LogP contribution is -2.39. The number of rotatable bonds is 4. The molecule has 8 heteroatoms. The second-order valence-corrected chi connectivity index (χ2v) is 7.42. The predicted molar refractivity (Wildman–Crippen MR) is 96.8 cm³/mol. The van der Waals surface area contributed by atoms with Crippen molar-refractivity contribution in [2.24, 2.45) is 0 Å². The second kappa shape index (κ2) is 7.24. The number of methoxy groups -OCH3 is 1. The van der Waals surface area contributed by atoms with E-state index >= 15 is 0 Å². The van der Waals surface area contributed by atoms with Crippen LogP contribution >= 0.6 is 0 Å². The first-order valence-electron chi connectivity index (χ1n) is 8.13. The molecule has 3 rings (SSSR count). The van der Waals surface area contributed by atoms with Crippen molar-refractivity contribution in [2.45, 2.75) is 11.8 Å². The Labute approximate surface area is 156 Å². The summed E-state index contributed by atoms with van der Waals surface area (Å²) in [4.78, 5) is 24.9. The largest absolute Gasteiger partial charge is 0.464 e. The summed E-state index contributed by atoms with van der Waals surface area (Å²) in [5.41, 5.74) is 0.0676. The van der Waals surface area contributed by atoms with Gasteiger partial charge in [-0.2, -0.15) is 0 Å². The maximum absolute atomic E-state index is 12.9. The molecule has 0 fully saturated rings. The monoisotopic (exact) mass is 387 g/mol. The zero-order chi connectivity index (χ0) is 19.6. The Hall–Kier alpha value is -3.13. The lowest BCUT2D eigenvalue weighted by molar-refractivity contribution is -0.137. The quantitative estimate of drug-likeness (QED) is 0.749. The summed E-state index contributed by atoms with van der Waals surface area (Å²) in [5.74, 6) is -1.77. The molecular weight excluding hydrogens is 370 g/mol. The lowest BCUT2D eigenvalue weighted by atomic mass is 10.1. The molecule has 0 unspecified atom stereocenters. The molecule has 0 radical (unpaired) electrons. The number of carbonyl (C=O) groups is 2. The third-order valence-electron chi connectivity index (χ3n) is 4.03. The number of esters is 2. The first-order chi connectivity index (χ1) is 12.9. The van der Waals surface area contributed by atoms with Crippen molar-refractivity contribution < 1.29 is 27.5 Å². The molecular formula is C19H17NO6S. The minimum absolute atomic E-state index is 0.0342. The molecule has 1 aliphatic heterocycles. The number of likely N-dealkylation sites (N-methyl/N-ethyl adjacent to an activating group) is 1. The summed E-state index contributed by atoms with van der Waals surface area (Å²) >= 11 is 0. The number of nitrogens with zero attached hydrogens (tertiary/aromatic N) is 1. The van der Waals surface area contributed by atoms with E-state index in [1.807, 2.05) is 0 Å². The predicted octanol–water partition coefficient (Wildman–Crippen LogP) is 2.41. The molecule has 0 aliphatic carbocycles. The third kappa shape index (κ3) is 3.19. The zero-order valence-electron chi connectivity index (χ0n) is 14.7. The Morgan fingerprint density at radius 3 is 2.22 bits per heavy atom. The Kier molecular flexibility index (Phi) is 5.00. The van der Waals surface area contributed by atoms with Crippen LogP contribution in [0, 0.1) is 0 Å². The summed E-state index contributed by atoms with van der Waals surface area (Å²) in [6.45, 7) is 1.54. The number of hydrogen-bond acceptors (Lipinski definition) is 6. The van der Waals surface area contributed by atoms with Crippen molar-refractivity contribution in [1.29, 1.82) is 0 Å². The minimum Gasteiger partial charge on any atom is -0.464 e. The Morgan fingerprint density at radius 2 is 1.59 bits per heavy atom. The number of ether oxygens (including phenoxy) is 2. The molecule has 27 heavy (non-hydrogen) atoms. The molecule has 2 aromatic rings. The highest BCUT2D eigenvalue weighted by Gasteiger charge is 2.41. The Bertz CT molecular complexity index is 1030. The van der Waals surface area contributed by atoms with Gasteiger partial charge < -0.3 is 9.47 Å². The fraction of sp³-hybridized carbons (Fsp3) is 0.158. The van der Waals surface area contributed by atoms with Gasteiger partial charge in [-0.05, 0) is 31.2 Å². The first kappa shape index (κ1) is 18.7. The van der Waals surface area contributed by atoms with Crippen LogP contribution in [0.4, 0.5) is 0 Å². The smallest absolute Gasteiger partial charge is 0.359 e. The van der Waals surface area contributed by atoms with E-state index < -0.39 is 22.0 Å². The molecule has 0 spiro atoms. The number of carbonyl (C=O) groups excluding carboxylic acids is 2. The highest BCUT2D eigenvalue weighted by molar-refractivity contribution is 7.89. The van der Waals surface area contributed by atoms with Crippen LogP contribution in [0.25, 0.3) is 5.76 Å². The molecule has 0 atom stereocenters. The molecule has 140 valence electrons. The summed E-state index contributed by atoms with van der Waals surface area (Å²) in [7, 11) is -2.86. The van der Waals surface area contributed by atoms with Gasteiger partial charge in [0.15, 0.2) is 11.5 Å². The Morgan fingerprint density at radius 1 is 0.963 bits per heavy atom. The van der Waals surface area contributed by atoms with E-state index in [1.54, 1.807) is 49.4 Å². The van der Waals surface area contributed by atoms with Gasteiger partial charge in [-0.1, -0.05) is 30.3 Å². The van der Waals surface area contributed by atoms with Gasteiger partial charge in [0.1, 0.15) is 0 Å². The summed E-state index contributed by atoms with van der Waals surface area (Å²) < 4.78 is 37.0. The van der Waals surface area contributed by atoms with Gasteiger partial charge in [-0.3, -0.25) is 4.31 Å². The number of hydrogen-bond donors (Lipinski definition) is 0. The van der Waals surface area contributed by atoms with E-state index in [0.717, 1.165) is 11.4 Å². The van der Waals surface area contributed by atoms with E-state index in [2.05, 4.69) is 0 Å². The molecule has 7 nitrogen and oxygen atoms in total. The normalized spacial score (nSPS) is 15.1. The maximum Gasteiger partial charge on any atom is 0.359 e. The molecule has 0 aromatic heterocycles. The molecule has 0 saturated carbocycles. The standard InChI is InChI=1S/C19H17NO6S/c1-3-20-16(19(22)25-2)17(26-18(21)13-9-5-4-6-10-13)14-11-7-8-12-15(14)27(20,23)24/h4-12H,3H2,1-2H3. The third-order valence-corrected chi connectivity index (χ3v) is 5.97. The number of sulfonamides is 1. The highest BCUT2D eigenvalue weighted by Crippen LogP contribution is 2.38.